The molecule has 0 aliphatic heterocycles. The van der Waals surface area contributed by atoms with E-state index in [2.05, 4.69) is 9.97 Å². The van der Waals surface area contributed by atoms with Crippen molar-refractivity contribution in [2.75, 3.05) is 0 Å². The summed E-state index contributed by atoms with van der Waals surface area (Å²) in [5.74, 6) is 0.190. The highest BCUT2D eigenvalue weighted by Gasteiger charge is 1.98. The van der Waals surface area contributed by atoms with E-state index < -0.39 is 0 Å². The van der Waals surface area contributed by atoms with Crippen LogP contribution in [0.2, 0.25) is 5.02 Å². The molecule has 3 nitrogen and oxygen atoms in total. The number of aldehydes is 1. The Morgan fingerprint density at radius 2 is 2.23 bits per heavy atom. The molecule has 1 aromatic heterocycles. The summed E-state index contributed by atoms with van der Waals surface area (Å²) < 4.78 is 0. The molecule has 0 fully saturated rings. The lowest BCUT2D eigenvalue weighted by molar-refractivity contribution is 0.111. The first-order valence-electron chi connectivity index (χ1n) is 3.67. The minimum absolute atomic E-state index is 0.190. The molecule has 0 saturated carbocycles. The third-order valence-electron chi connectivity index (χ3n) is 1.67. The van der Waals surface area contributed by atoms with Crippen molar-refractivity contribution in [1.82, 2.24) is 9.97 Å². The molecular formula is C9H5ClN2O. The minimum atomic E-state index is 0.190. The van der Waals surface area contributed by atoms with Gasteiger partial charge < -0.3 is 0 Å². The molecule has 2 rings (SSSR count). The Kier molecular flexibility index (Phi) is 1.94. The Labute approximate surface area is 79.4 Å². The number of halogens is 1. The predicted octanol–water partition coefficient (Wildman–Crippen LogP) is 2.10. The molecule has 0 aliphatic carbocycles. The number of nitrogens with zero attached hydrogens (tertiary/aromatic N) is 2. The summed E-state index contributed by atoms with van der Waals surface area (Å²) in [6, 6.07) is 5.24. The smallest absolute Gasteiger partial charge is 0.193 e. The summed E-state index contributed by atoms with van der Waals surface area (Å²) in [5, 5.41) is 1.47. The number of hydrogen-bond donors (Lipinski definition) is 0. The molecule has 0 spiro atoms. The van der Waals surface area contributed by atoms with Crippen LogP contribution in [0.3, 0.4) is 0 Å². The Balaban J connectivity index is 2.73. The van der Waals surface area contributed by atoms with E-state index in [-0.39, 0.29) is 5.82 Å². The number of benzene rings is 1. The van der Waals surface area contributed by atoms with Crippen molar-refractivity contribution in [3.05, 3.63) is 35.2 Å². The summed E-state index contributed by atoms with van der Waals surface area (Å²) in [7, 11) is 0. The Bertz CT molecular complexity index is 470. The van der Waals surface area contributed by atoms with Gasteiger partial charge in [0.05, 0.1) is 5.52 Å². The summed E-state index contributed by atoms with van der Waals surface area (Å²) in [4.78, 5) is 18.2. The first kappa shape index (κ1) is 8.13. The van der Waals surface area contributed by atoms with Crippen LogP contribution < -0.4 is 0 Å². The maximum absolute atomic E-state index is 10.4. The molecule has 0 radical (unpaired) electrons. The van der Waals surface area contributed by atoms with Gasteiger partial charge in [0.15, 0.2) is 12.1 Å². The zero-order chi connectivity index (χ0) is 9.26. The van der Waals surface area contributed by atoms with Gasteiger partial charge in [0.25, 0.3) is 0 Å². The maximum Gasteiger partial charge on any atom is 0.193 e. The summed E-state index contributed by atoms with van der Waals surface area (Å²) in [5.41, 5.74) is 0.724. The average Bonchev–Trinajstić information content (AvgIpc) is 2.17. The molecule has 0 unspecified atom stereocenters. The van der Waals surface area contributed by atoms with Crippen LogP contribution in [0.4, 0.5) is 0 Å². The van der Waals surface area contributed by atoms with Crippen molar-refractivity contribution in [2.45, 2.75) is 0 Å². The number of rotatable bonds is 1. The second kappa shape index (κ2) is 3.11. The van der Waals surface area contributed by atoms with Gasteiger partial charge >= 0.3 is 0 Å². The fourth-order valence-corrected chi connectivity index (χ4v) is 1.26. The van der Waals surface area contributed by atoms with Gasteiger partial charge in [0, 0.05) is 16.6 Å². The molecule has 1 heterocycles. The van der Waals surface area contributed by atoms with Crippen LogP contribution in [0.1, 0.15) is 10.6 Å². The highest BCUT2D eigenvalue weighted by molar-refractivity contribution is 6.31. The van der Waals surface area contributed by atoms with Gasteiger partial charge in [0.2, 0.25) is 0 Å². The summed E-state index contributed by atoms with van der Waals surface area (Å²) in [6.45, 7) is 0. The maximum atomic E-state index is 10.4. The molecule has 0 N–H and O–H groups in total. The molecule has 0 saturated heterocycles. The monoisotopic (exact) mass is 192 g/mol. The highest BCUT2D eigenvalue weighted by Crippen LogP contribution is 2.16. The van der Waals surface area contributed by atoms with Crippen molar-refractivity contribution in [2.24, 2.45) is 0 Å². The predicted molar refractivity (Wildman–Crippen MR) is 49.9 cm³/mol. The summed E-state index contributed by atoms with van der Waals surface area (Å²) >= 11 is 5.77. The molecule has 4 heteroatoms. The molecule has 13 heavy (non-hydrogen) atoms. The Morgan fingerprint density at radius 1 is 1.38 bits per heavy atom. The van der Waals surface area contributed by atoms with Crippen LogP contribution in [0.5, 0.6) is 0 Å². The largest absolute Gasteiger partial charge is 0.294 e. The first-order chi connectivity index (χ1) is 6.29. The molecule has 0 atom stereocenters. The van der Waals surface area contributed by atoms with Crippen molar-refractivity contribution in [1.29, 1.82) is 0 Å². The van der Waals surface area contributed by atoms with Gasteiger partial charge in [-0.1, -0.05) is 11.6 Å². The van der Waals surface area contributed by atoms with E-state index in [0.29, 0.717) is 11.3 Å². The zero-order valence-corrected chi connectivity index (χ0v) is 7.32. The molecule has 0 amide bonds. The van der Waals surface area contributed by atoms with E-state index >= 15 is 0 Å². The van der Waals surface area contributed by atoms with Crippen molar-refractivity contribution < 1.29 is 4.79 Å². The van der Waals surface area contributed by atoms with Gasteiger partial charge in [-0.2, -0.15) is 0 Å². The molecule has 0 aliphatic rings. The van der Waals surface area contributed by atoms with E-state index in [0.717, 1.165) is 10.9 Å². The van der Waals surface area contributed by atoms with Gasteiger partial charge in [0.1, 0.15) is 0 Å². The van der Waals surface area contributed by atoms with Crippen LogP contribution in [0, 0.1) is 0 Å². The lowest BCUT2D eigenvalue weighted by Gasteiger charge is -1.96. The molecule has 2 aromatic rings. The lowest BCUT2D eigenvalue weighted by atomic mass is 10.2. The van der Waals surface area contributed by atoms with Crippen LogP contribution >= 0.6 is 11.6 Å². The quantitative estimate of drug-likeness (QED) is 0.650. The number of fused-ring (bicyclic) bond motifs is 1. The Hall–Kier alpha value is -1.48. The topological polar surface area (TPSA) is 42.9 Å². The van der Waals surface area contributed by atoms with Crippen LogP contribution in [-0.2, 0) is 0 Å². The van der Waals surface area contributed by atoms with Gasteiger partial charge in [-0.15, -0.1) is 0 Å². The van der Waals surface area contributed by atoms with E-state index in [4.69, 9.17) is 11.6 Å². The van der Waals surface area contributed by atoms with Crippen molar-refractivity contribution in [3.8, 4) is 0 Å². The van der Waals surface area contributed by atoms with Crippen molar-refractivity contribution in [3.63, 3.8) is 0 Å². The number of hydrogen-bond acceptors (Lipinski definition) is 3. The van der Waals surface area contributed by atoms with Crippen LogP contribution in [-0.4, -0.2) is 16.3 Å². The lowest BCUT2D eigenvalue weighted by Crippen LogP contribution is -1.91. The van der Waals surface area contributed by atoms with Crippen LogP contribution in [0.15, 0.2) is 24.4 Å². The van der Waals surface area contributed by atoms with Gasteiger partial charge in [-0.05, 0) is 18.2 Å². The minimum Gasteiger partial charge on any atom is -0.294 e. The molecule has 64 valence electrons. The number of carbonyl (C=O) groups is 1. The fourth-order valence-electron chi connectivity index (χ4n) is 1.08. The second-order valence-electron chi connectivity index (χ2n) is 2.55. The first-order valence-corrected chi connectivity index (χ1v) is 4.05. The molecule has 1 aromatic carbocycles. The van der Waals surface area contributed by atoms with Gasteiger partial charge in [-0.3, -0.25) is 4.79 Å². The average molecular weight is 193 g/mol. The zero-order valence-electron chi connectivity index (χ0n) is 6.57. The number of carbonyl (C=O) groups excluding carboxylic acids is 1. The third kappa shape index (κ3) is 1.51. The fraction of sp³-hybridized carbons (Fsp3) is 0. The SMILES string of the molecule is O=Cc1ncc2cc(Cl)ccc2n1. The van der Waals surface area contributed by atoms with E-state index in [1.165, 1.54) is 0 Å². The standard InChI is InChI=1S/C9H5ClN2O/c10-7-1-2-8-6(3-7)4-11-9(5-13)12-8/h1-5H. The second-order valence-corrected chi connectivity index (χ2v) is 2.99. The highest BCUT2D eigenvalue weighted by atomic mass is 35.5. The number of aromatic nitrogens is 2. The molecular weight excluding hydrogens is 188 g/mol. The molecule has 0 bridgehead atoms. The van der Waals surface area contributed by atoms with Gasteiger partial charge in [-0.25, -0.2) is 9.97 Å². The summed E-state index contributed by atoms with van der Waals surface area (Å²) in [6.07, 6.45) is 2.20. The van der Waals surface area contributed by atoms with Crippen LogP contribution in [0.25, 0.3) is 10.9 Å². The normalized spacial score (nSPS) is 10.2. The Morgan fingerprint density at radius 3 is 3.00 bits per heavy atom. The van der Waals surface area contributed by atoms with Crippen molar-refractivity contribution >= 4 is 28.8 Å². The third-order valence-corrected chi connectivity index (χ3v) is 1.90. The van der Waals surface area contributed by atoms with E-state index in [9.17, 15) is 4.79 Å². The van der Waals surface area contributed by atoms with E-state index in [1.807, 2.05) is 0 Å². The van der Waals surface area contributed by atoms with E-state index in [1.54, 1.807) is 24.4 Å².